The first kappa shape index (κ1) is 25.5. The van der Waals surface area contributed by atoms with Gasteiger partial charge in [-0.2, -0.15) is 15.2 Å². The SMILES string of the molecule is Cc1cnc(Cl)nc1-n1cc([N+](=O)[O-])cn1.Cc1cnc(Cl)nc1Cl.O=[N+]([O-])c1cn[nH]c1. The molecule has 4 aromatic heterocycles. The Morgan fingerprint density at radius 3 is 1.94 bits per heavy atom. The molecule has 0 aliphatic rings. The molecule has 0 saturated carbocycles. The number of nitro groups is 2. The summed E-state index contributed by atoms with van der Waals surface area (Å²) in [5.74, 6) is 0.424. The summed E-state index contributed by atoms with van der Waals surface area (Å²) in [5, 5.41) is 30.5. The molecule has 0 atom stereocenters. The van der Waals surface area contributed by atoms with Crippen LogP contribution in [0.25, 0.3) is 5.82 Å². The molecular formula is C16H13Cl3N10O4. The molecule has 17 heteroatoms. The summed E-state index contributed by atoms with van der Waals surface area (Å²) in [7, 11) is 0. The Labute approximate surface area is 199 Å². The predicted molar refractivity (Wildman–Crippen MR) is 118 cm³/mol. The van der Waals surface area contributed by atoms with E-state index in [2.05, 4.69) is 35.2 Å². The molecule has 0 saturated heterocycles. The number of nitrogens with zero attached hydrogens (tertiary/aromatic N) is 9. The highest BCUT2D eigenvalue weighted by Gasteiger charge is 2.12. The lowest BCUT2D eigenvalue weighted by Gasteiger charge is -2.02. The molecule has 0 fully saturated rings. The van der Waals surface area contributed by atoms with Crippen LogP contribution in [0.3, 0.4) is 0 Å². The second kappa shape index (κ2) is 11.8. The van der Waals surface area contributed by atoms with Crippen molar-refractivity contribution >= 4 is 46.2 Å². The Morgan fingerprint density at radius 2 is 1.48 bits per heavy atom. The molecular weight excluding hydrogens is 503 g/mol. The van der Waals surface area contributed by atoms with E-state index in [0.717, 1.165) is 23.5 Å². The number of hydrogen-bond acceptors (Lipinski definition) is 10. The molecule has 0 spiro atoms. The van der Waals surface area contributed by atoms with Gasteiger partial charge in [0.2, 0.25) is 10.6 Å². The molecule has 14 nitrogen and oxygen atoms in total. The summed E-state index contributed by atoms with van der Waals surface area (Å²) in [4.78, 5) is 34.4. The number of aromatic amines is 1. The van der Waals surface area contributed by atoms with E-state index in [1.807, 2.05) is 6.92 Å². The van der Waals surface area contributed by atoms with Crippen LogP contribution >= 0.6 is 34.8 Å². The van der Waals surface area contributed by atoms with E-state index in [-0.39, 0.29) is 21.9 Å². The molecule has 0 radical (unpaired) electrons. The molecule has 4 aromatic rings. The first-order valence-corrected chi connectivity index (χ1v) is 9.68. The van der Waals surface area contributed by atoms with Crippen LogP contribution in [0, 0.1) is 34.1 Å². The van der Waals surface area contributed by atoms with Crippen molar-refractivity contribution < 1.29 is 9.85 Å². The van der Waals surface area contributed by atoms with Crippen molar-refractivity contribution in [2.75, 3.05) is 0 Å². The second-order valence-corrected chi connectivity index (χ2v) is 6.91. The molecule has 0 unspecified atom stereocenters. The van der Waals surface area contributed by atoms with Crippen LogP contribution in [0.2, 0.25) is 15.7 Å². The fourth-order valence-corrected chi connectivity index (χ4v) is 2.35. The van der Waals surface area contributed by atoms with E-state index >= 15 is 0 Å². The van der Waals surface area contributed by atoms with Gasteiger partial charge in [-0.15, -0.1) is 0 Å². The van der Waals surface area contributed by atoms with E-state index < -0.39 is 9.85 Å². The van der Waals surface area contributed by atoms with Crippen LogP contribution in [0.5, 0.6) is 0 Å². The lowest BCUT2D eigenvalue weighted by atomic mass is 10.3. The summed E-state index contributed by atoms with van der Waals surface area (Å²) >= 11 is 16.6. The van der Waals surface area contributed by atoms with Gasteiger partial charge >= 0.3 is 11.4 Å². The standard InChI is InChI=1S/C8H6ClN5O2.C5H4Cl2N2.C3H3N3O2/c1-5-2-10-8(9)12-7(5)13-4-6(3-11-13)14(15)16;1-3-2-8-5(7)9-4(3)6;7-6(8)3-1-4-5-2-3/h2-4H,1H3;2H,1H3;1-2H,(H,4,5). The Kier molecular flexibility index (Phi) is 9.08. The zero-order chi connectivity index (χ0) is 24.5. The third-order valence-electron chi connectivity index (χ3n) is 3.49. The lowest BCUT2D eigenvalue weighted by Crippen LogP contribution is -2.02. The summed E-state index contributed by atoms with van der Waals surface area (Å²) in [6.07, 6.45) is 7.90. The number of aromatic nitrogens is 8. The van der Waals surface area contributed by atoms with Gasteiger partial charge in [0.15, 0.2) is 5.82 Å². The number of hydrogen-bond donors (Lipinski definition) is 1. The van der Waals surface area contributed by atoms with Gasteiger partial charge in [-0.25, -0.2) is 19.6 Å². The van der Waals surface area contributed by atoms with Gasteiger partial charge in [-0.1, -0.05) is 11.6 Å². The third-order valence-corrected chi connectivity index (χ3v) is 4.23. The maximum absolute atomic E-state index is 10.5. The van der Waals surface area contributed by atoms with Crippen molar-refractivity contribution in [2.45, 2.75) is 13.8 Å². The number of halogens is 3. The zero-order valence-electron chi connectivity index (χ0n) is 16.8. The minimum Gasteiger partial charge on any atom is -0.279 e. The first-order valence-electron chi connectivity index (χ1n) is 8.55. The van der Waals surface area contributed by atoms with Crippen LogP contribution in [0.4, 0.5) is 11.4 Å². The van der Waals surface area contributed by atoms with Crippen molar-refractivity contribution in [3.05, 3.63) is 84.3 Å². The normalized spacial score (nSPS) is 9.85. The van der Waals surface area contributed by atoms with Crippen molar-refractivity contribution in [3.8, 4) is 5.82 Å². The quantitative estimate of drug-likeness (QED) is 0.181. The van der Waals surface area contributed by atoms with Gasteiger partial charge in [-0.3, -0.25) is 25.3 Å². The first-order chi connectivity index (χ1) is 15.6. The van der Waals surface area contributed by atoms with Crippen molar-refractivity contribution in [2.24, 2.45) is 0 Å². The fraction of sp³-hybridized carbons (Fsp3) is 0.125. The van der Waals surface area contributed by atoms with Crippen molar-refractivity contribution in [3.63, 3.8) is 0 Å². The van der Waals surface area contributed by atoms with Gasteiger partial charge in [-0.05, 0) is 37.0 Å². The molecule has 4 rings (SSSR count). The third kappa shape index (κ3) is 7.71. The van der Waals surface area contributed by atoms with Gasteiger partial charge in [0.1, 0.15) is 23.7 Å². The molecule has 0 aliphatic carbocycles. The summed E-state index contributed by atoms with van der Waals surface area (Å²) in [5.41, 5.74) is 1.45. The molecule has 0 aliphatic heterocycles. The van der Waals surface area contributed by atoms with E-state index in [1.165, 1.54) is 23.3 Å². The average Bonchev–Trinajstić information content (AvgIpc) is 3.46. The topological polar surface area (TPSA) is 184 Å². The van der Waals surface area contributed by atoms with E-state index in [0.29, 0.717) is 11.0 Å². The van der Waals surface area contributed by atoms with Crippen LogP contribution in [0.1, 0.15) is 11.1 Å². The predicted octanol–water partition coefficient (Wildman–Crippen LogP) is 3.94. The Bertz CT molecular complexity index is 1250. The number of rotatable bonds is 3. The van der Waals surface area contributed by atoms with Crippen LogP contribution < -0.4 is 0 Å². The highest BCUT2D eigenvalue weighted by Crippen LogP contribution is 2.16. The molecule has 0 bridgehead atoms. The zero-order valence-corrected chi connectivity index (χ0v) is 19.0. The summed E-state index contributed by atoms with van der Waals surface area (Å²) in [6.45, 7) is 3.58. The minimum absolute atomic E-state index is 0.00926. The van der Waals surface area contributed by atoms with Crippen molar-refractivity contribution in [1.29, 1.82) is 0 Å². The summed E-state index contributed by atoms with van der Waals surface area (Å²) in [6, 6.07) is 0. The van der Waals surface area contributed by atoms with Gasteiger partial charge in [0.05, 0.1) is 16.0 Å². The number of aryl methyl sites for hydroxylation is 2. The monoisotopic (exact) mass is 514 g/mol. The molecule has 0 aromatic carbocycles. The van der Waals surface area contributed by atoms with Gasteiger partial charge in [0.25, 0.3) is 0 Å². The lowest BCUT2D eigenvalue weighted by molar-refractivity contribution is -0.385. The smallest absolute Gasteiger partial charge is 0.279 e. The maximum Gasteiger partial charge on any atom is 0.307 e. The molecule has 0 amide bonds. The van der Waals surface area contributed by atoms with E-state index in [1.54, 1.807) is 13.1 Å². The van der Waals surface area contributed by atoms with Crippen LogP contribution in [-0.2, 0) is 0 Å². The largest absolute Gasteiger partial charge is 0.307 e. The molecule has 33 heavy (non-hydrogen) atoms. The average molecular weight is 516 g/mol. The number of nitrogens with one attached hydrogen (secondary N) is 1. The second-order valence-electron chi connectivity index (χ2n) is 5.87. The Hall–Kier alpha value is -3.75. The summed E-state index contributed by atoms with van der Waals surface area (Å²) < 4.78 is 1.29. The van der Waals surface area contributed by atoms with Crippen molar-refractivity contribution in [1.82, 2.24) is 39.9 Å². The van der Waals surface area contributed by atoms with Gasteiger partial charge in [0, 0.05) is 23.5 Å². The highest BCUT2D eigenvalue weighted by molar-refractivity contribution is 6.32. The maximum atomic E-state index is 10.5. The Morgan fingerprint density at radius 1 is 0.879 bits per heavy atom. The Balaban J connectivity index is 0.000000192. The van der Waals surface area contributed by atoms with E-state index in [9.17, 15) is 20.2 Å². The fourth-order valence-electron chi connectivity index (χ4n) is 1.91. The van der Waals surface area contributed by atoms with Gasteiger partial charge < -0.3 is 0 Å². The molecule has 4 heterocycles. The van der Waals surface area contributed by atoms with Crippen LogP contribution in [0.15, 0.2) is 37.2 Å². The minimum atomic E-state index is -0.526. The molecule has 172 valence electrons. The number of H-pyrrole nitrogens is 1. The highest BCUT2D eigenvalue weighted by atomic mass is 35.5. The van der Waals surface area contributed by atoms with E-state index in [4.69, 9.17) is 34.8 Å². The van der Waals surface area contributed by atoms with Crippen LogP contribution in [-0.4, -0.2) is 49.8 Å². The molecule has 1 N–H and O–H groups in total.